The second-order valence-corrected chi connectivity index (χ2v) is 18.5. The summed E-state index contributed by atoms with van der Waals surface area (Å²) in [6.07, 6.45) is 59.7. The van der Waals surface area contributed by atoms with Gasteiger partial charge in [-0.2, -0.15) is 0 Å². The smallest absolute Gasteiger partial charge is 0.462 e. The standard InChI is InChI=1S/C53H96NO8P/c1-3-5-7-9-11-13-15-17-19-21-22-23-24-25-26-27-28-30-32-34-36-38-40-42-44-46-53(56)62-51(50-61-63(57,58)60-48-47-54)49-59-52(55)45-43-41-39-37-35-33-31-29-20-18-16-14-12-10-8-6-4-2/h5,7,11,13,17-20,22-23,51H,3-4,6,8-10,12,14-16,21,24-50,54H2,1-2H3,(H,57,58)/b7-5-,13-11-,19-17-,20-18-,23-22-. The summed E-state index contributed by atoms with van der Waals surface area (Å²) in [5.74, 6) is -0.832. The fourth-order valence-electron chi connectivity index (χ4n) is 7.09. The summed E-state index contributed by atoms with van der Waals surface area (Å²) in [5.41, 5.74) is 5.37. The van der Waals surface area contributed by atoms with Crippen molar-refractivity contribution in [1.82, 2.24) is 0 Å². The molecule has 0 spiro atoms. The van der Waals surface area contributed by atoms with E-state index >= 15 is 0 Å². The van der Waals surface area contributed by atoms with E-state index in [2.05, 4.69) is 74.6 Å². The zero-order chi connectivity index (χ0) is 46.0. The quantitative estimate of drug-likeness (QED) is 0.0265. The van der Waals surface area contributed by atoms with Gasteiger partial charge in [0.25, 0.3) is 0 Å². The van der Waals surface area contributed by atoms with Crippen LogP contribution in [0.25, 0.3) is 0 Å². The van der Waals surface area contributed by atoms with Crippen LogP contribution in [0.2, 0.25) is 0 Å². The maximum Gasteiger partial charge on any atom is 0.472 e. The first-order valence-corrected chi connectivity index (χ1v) is 27.3. The number of esters is 2. The second kappa shape index (κ2) is 49.2. The fraction of sp³-hybridized carbons (Fsp3) is 0.774. The molecule has 0 aliphatic rings. The van der Waals surface area contributed by atoms with Crippen LogP contribution in [0.5, 0.6) is 0 Å². The maximum absolute atomic E-state index is 12.7. The number of unbranched alkanes of at least 4 members (excludes halogenated alkanes) is 25. The van der Waals surface area contributed by atoms with Crippen molar-refractivity contribution in [3.05, 3.63) is 60.8 Å². The summed E-state index contributed by atoms with van der Waals surface area (Å²) in [4.78, 5) is 35.1. The minimum absolute atomic E-state index is 0.0511. The van der Waals surface area contributed by atoms with Gasteiger partial charge in [0, 0.05) is 19.4 Å². The average molecular weight is 906 g/mol. The molecule has 3 N–H and O–H groups in total. The van der Waals surface area contributed by atoms with Crippen LogP contribution in [0.15, 0.2) is 60.8 Å². The molecule has 63 heavy (non-hydrogen) atoms. The Morgan fingerprint density at radius 1 is 0.492 bits per heavy atom. The molecule has 0 aliphatic heterocycles. The highest BCUT2D eigenvalue weighted by Gasteiger charge is 2.26. The number of hydrogen-bond donors (Lipinski definition) is 2. The second-order valence-electron chi connectivity index (χ2n) is 17.0. The van der Waals surface area contributed by atoms with Gasteiger partial charge < -0.3 is 20.1 Å². The van der Waals surface area contributed by atoms with E-state index in [1.165, 1.54) is 122 Å². The molecule has 0 aromatic rings. The highest BCUT2D eigenvalue weighted by atomic mass is 31.2. The predicted molar refractivity (Wildman–Crippen MR) is 266 cm³/mol. The van der Waals surface area contributed by atoms with E-state index in [-0.39, 0.29) is 38.6 Å². The molecular weight excluding hydrogens is 810 g/mol. The maximum atomic E-state index is 12.7. The van der Waals surface area contributed by atoms with Crippen molar-refractivity contribution in [1.29, 1.82) is 0 Å². The molecular formula is C53H96NO8P. The Morgan fingerprint density at radius 3 is 1.32 bits per heavy atom. The number of phosphoric acid groups is 1. The van der Waals surface area contributed by atoms with E-state index in [4.69, 9.17) is 24.3 Å². The molecule has 0 aliphatic carbocycles. The SMILES string of the molecule is CC/C=C\C/C=C\C/C=C\C/C=C\CCCCCCCCCCCCCCC(=O)OC(COC(=O)CCCCCCCCC/C=C\CCCCCCCC)COP(=O)(O)OCCN. The minimum Gasteiger partial charge on any atom is -0.462 e. The number of carbonyl (C=O) groups is 2. The molecule has 0 saturated carbocycles. The van der Waals surface area contributed by atoms with Gasteiger partial charge in [-0.05, 0) is 77.0 Å². The summed E-state index contributed by atoms with van der Waals surface area (Å²) in [6.45, 7) is 3.63. The topological polar surface area (TPSA) is 134 Å². The Morgan fingerprint density at radius 2 is 0.873 bits per heavy atom. The number of allylic oxidation sites excluding steroid dienone is 10. The lowest BCUT2D eigenvalue weighted by Gasteiger charge is -2.19. The van der Waals surface area contributed by atoms with Crippen molar-refractivity contribution in [3.8, 4) is 0 Å². The van der Waals surface area contributed by atoms with Gasteiger partial charge in [0.1, 0.15) is 6.61 Å². The highest BCUT2D eigenvalue weighted by Crippen LogP contribution is 2.43. The van der Waals surface area contributed by atoms with Gasteiger partial charge in [-0.25, -0.2) is 4.57 Å². The first-order chi connectivity index (χ1) is 30.8. The van der Waals surface area contributed by atoms with E-state index in [1.807, 2.05) is 0 Å². The molecule has 0 radical (unpaired) electrons. The van der Waals surface area contributed by atoms with Crippen LogP contribution in [0, 0.1) is 0 Å². The molecule has 0 heterocycles. The zero-order valence-corrected chi connectivity index (χ0v) is 41.4. The molecule has 0 amide bonds. The third kappa shape index (κ3) is 49.0. The number of nitrogens with two attached hydrogens (primary N) is 1. The minimum atomic E-state index is -4.39. The Hall–Kier alpha value is -2.29. The summed E-state index contributed by atoms with van der Waals surface area (Å²) >= 11 is 0. The Kier molecular flexibility index (Phi) is 47.4. The number of ether oxygens (including phenoxy) is 2. The molecule has 10 heteroatoms. The molecule has 0 saturated heterocycles. The van der Waals surface area contributed by atoms with Crippen LogP contribution in [0.1, 0.15) is 232 Å². The normalized spacial score (nSPS) is 13.7. The van der Waals surface area contributed by atoms with E-state index < -0.39 is 26.5 Å². The summed E-state index contributed by atoms with van der Waals surface area (Å²) in [5, 5.41) is 0. The van der Waals surface area contributed by atoms with Crippen molar-refractivity contribution in [2.24, 2.45) is 5.73 Å². The van der Waals surface area contributed by atoms with Gasteiger partial charge in [0.05, 0.1) is 13.2 Å². The van der Waals surface area contributed by atoms with Gasteiger partial charge in [0.2, 0.25) is 0 Å². The first kappa shape index (κ1) is 60.7. The lowest BCUT2D eigenvalue weighted by atomic mass is 10.0. The summed E-state index contributed by atoms with van der Waals surface area (Å²) < 4.78 is 32.9. The van der Waals surface area contributed by atoms with Crippen molar-refractivity contribution < 1.29 is 37.6 Å². The Balaban J connectivity index is 4.03. The highest BCUT2D eigenvalue weighted by molar-refractivity contribution is 7.47. The molecule has 2 unspecified atom stereocenters. The number of hydrogen-bond acceptors (Lipinski definition) is 8. The van der Waals surface area contributed by atoms with Crippen LogP contribution in [0.4, 0.5) is 0 Å². The van der Waals surface area contributed by atoms with Crippen LogP contribution in [0.3, 0.4) is 0 Å². The summed E-state index contributed by atoms with van der Waals surface area (Å²) in [7, 11) is -4.39. The van der Waals surface area contributed by atoms with Crippen LogP contribution < -0.4 is 5.73 Å². The van der Waals surface area contributed by atoms with Crippen molar-refractivity contribution in [3.63, 3.8) is 0 Å². The molecule has 0 aromatic heterocycles. The summed E-state index contributed by atoms with van der Waals surface area (Å²) in [6, 6.07) is 0. The van der Waals surface area contributed by atoms with Gasteiger partial charge in [-0.1, -0.05) is 203 Å². The van der Waals surface area contributed by atoms with Gasteiger partial charge >= 0.3 is 19.8 Å². The molecule has 0 bridgehead atoms. The number of rotatable bonds is 48. The van der Waals surface area contributed by atoms with Crippen LogP contribution in [-0.4, -0.2) is 49.3 Å². The van der Waals surface area contributed by atoms with Crippen LogP contribution >= 0.6 is 7.82 Å². The first-order valence-electron chi connectivity index (χ1n) is 25.8. The lowest BCUT2D eigenvalue weighted by molar-refractivity contribution is -0.161. The van der Waals surface area contributed by atoms with Gasteiger partial charge in [0.15, 0.2) is 6.10 Å². The fourth-order valence-corrected chi connectivity index (χ4v) is 7.86. The van der Waals surface area contributed by atoms with E-state index in [1.54, 1.807) is 0 Å². The third-order valence-electron chi connectivity index (χ3n) is 10.9. The molecule has 0 aromatic carbocycles. The Labute approximate surface area is 387 Å². The molecule has 366 valence electrons. The molecule has 9 nitrogen and oxygen atoms in total. The average Bonchev–Trinajstić information content (AvgIpc) is 3.27. The van der Waals surface area contributed by atoms with Crippen LogP contribution in [-0.2, 0) is 32.7 Å². The monoisotopic (exact) mass is 906 g/mol. The molecule has 0 fully saturated rings. The van der Waals surface area contributed by atoms with Crippen molar-refractivity contribution in [2.45, 2.75) is 238 Å². The lowest BCUT2D eigenvalue weighted by Crippen LogP contribution is -2.29. The van der Waals surface area contributed by atoms with E-state index in [9.17, 15) is 19.0 Å². The zero-order valence-electron chi connectivity index (χ0n) is 40.6. The van der Waals surface area contributed by atoms with Gasteiger partial charge in [-0.3, -0.25) is 18.6 Å². The van der Waals surface area contributed by atoms with Gasteiger partial charge in [-0.15, -0.1) is 0 Å². The van der Waals surface area contributed by atoms with E-state index in [0.29, 0.717) is 6.42 Å². The Bertz CT molecular complexity index is 1220. The van der Waals surface area contributed by atoms with E-state index in [0.717, 1.165) is 77.0 Å². The third-order valence-corrected chi connectivity index (χ3v) is 11.9. The number of carbonyl (C=O) groups excluding carboxylic acids is 2. The predicted octanol–water partition coefficient (Wildman–Crippen LogP) is 15.6. The van der Waals surface area contributed by atoms with Crippen molar-refractivity contribution >= 4 is 19.8 Å². The molecule has 2 atom stereocenters. The largest absolute Gasteiger partial charge is 0.472 e. The van der Waals surface area contributed by atoms with Crippen molar-refractivity contribution in [2.75, 3.05) is 26.4 Å². The molecule has 0 rings (SSSR count). The number of phosphoric ester groups is 1.